The number of rotatable bonds is 6. The maximum atomic E-state index is 13.3. The highest BCUT2D eigenvalue weighted by Gasteiger charge is 2.35. The van der Waals surface area contributed by atoms with E-state index in [4.69, 9.17) is 4.74 Å². The lowest BCUT2D eigenvalue weighted by Crippen LogP contribution is -2.48. The first-order valence-corrected chi connectivity index (χ1v) is 10.8. The average Bonchev–Trinajstić information content (AvgIpc) is 3.25. The molecule has 1 N–H and O–H groups in total. The number of H-pyrrole nitrogens is 1. The van der Waals surface area contributed by atoms with E-state index in [-0.39, 0.29) is 17.1 Å². The van der Waals surface area contributed by atoms with E-state index < -0.39 is 0 Å². The Bertz CT molecular complexity index is 1110. The normalized spacial score (nSPS) is 17.2. The van der Waals surface area contributed by atoms with Gasteiger partial charge in [0, 0.05) is 37.8 Å². The third-order valence-corrected chi connectivity index (χ3v) is 6.46. The van der Waals surface area contributed by atoms with Crippen molar-refractivity contribution in [2.24, 2.45) is 0 Å². The van der Waals surface area contributed by atoms with Gasteiger partial charge in [-0.1, -0.05) is 6.92 Å². The van der Waals surface area contributed by atoms with E-state index in [0.29, 0.717) is 17.1 Å². The summed E-state index contributed by atoms with van der Waals surface area (Å²) in [5, 5.41) is 13.7. The highest BCUT2D eigenvalue weighted by Crippen LogP contribution is 2.31. The Balaban J connectivity index is 1.87. The molecule has 0 radical (unpaired) electrons. The molecule has 1 saturated heterocycles. The second-order valence-corrected chi connectivity index (χ2v) is 8.86. The summed E-state index contributed by atoms with van der Waals surface area (Å²) in [6.07, 6.45) is 0.869. The molecule has 1 fully saturated rings. The van der Waals surface area contributed by atoms with Crippen LogP contribution in [-0.4, -0.2) is 75.3 Å². The van der Waals surface area contributed by atoms with E-state index in [1.807, 2.05) is 28.9 Å². The number of methoxy groups -OCH3 is 1. The van der Waals surface area contributed by atoms with Gasteiger partial charge < -0.3 is 14.6 Å². The van der Waals surface area contributed by atoms with Gasteiger partial charge in [0.1, 0.15) is 11.8 Å². The molecule has 3 heterocycles. The summed E-state index contributed by atoms with van der Waals surface area (Å²) in [6.45, 7) is 9.87. The standard InChI is InChI=1S/C22H31N7O2/c1-6-22(2,3)29-20(24-25-26-29)19(28-11-9-27(4)10-12-28)17-13-15-7-8-16(31-5)14-18(15)23-21(17)30/h7-8,13-14,19H,6,9-12H2,1-5H3,(H,23,30). The molecular weight excluding hydrogens is 394 g/mol. The van der Waals surface area contributed by atoms with Gasteiger partial charge in [-0.25, -0.2) is 4.68 Å². The van der Waals surface area contributed by atoms with Crippen LogP contribution >= 0.6 is 0 Å². The number of benzene rings is 1. The molecule has 1 aliphatic heterocycles. The fourth-order valence-electron chi connectivity index (χ4n) is 4.05. The van der Waals surface area contributed by atoms with Crippen molar-refractivity contribution in [2.75, 3.05) is 40.3 Å². The Morgan fingerprint density at radius 2 is 1.94 bits per heavy atom. The molecule has 9 nitrogen and oxygen atoms in total. The van der Waals surface area contributed by atoms with Crippen molar-refractivity contribution in [1.29, 1.82) is 0 Å². The maximum absolute atomic E-state index is 13.3. The van der Waals surface area contributed by atoms with E-state index in [1.54, 1.807) is 7.11 Å². The summed E-state index contributed by atoms with van der Waals surface area (Å²) < 4.78 is 7.19. The SMILES string of the molecule is CCC(C)(C)n1nnnc1C(c1cc2ccc(OC)cc2[nH]c1=O)N1CCN(C)CC1. The van der Waals surface area contributed by atoms with Gasteiger partial charge in [0.15, 0.2) is 5.82 Å². The minimum absolute atomic E-state index is 0.131. The average molecular weight is 426 g/mol. The number of piperazine rings is 1. The van der Waals surface area contributed by atoms with Crippen molar-refractivity contribution in [2.45, 2.75) is 38.8 Å². The van der Waals surface area contributed by atoms with Crippen molar-refractivity contribution < 1.29 is 4.74 Å². The highest BCUT2D eigenvalue weighted by atomic mass is 16.5. The number of hydrogen-bond donors (Lipinski definition) is 1. The molecule has 1 unspecified atom stereocenters. The Kier molecular flexibility index (Phi) is 5.81. The fourth-order valence-corrected chi connectivity index (χ4v) is 4.05. The van der Waals surface area contributed by atoms with Crippen LogP contribution in [0.15, 0.2) is 29.1 Å². The molecule has 0 amide bonds. The van der Waals surface area contributed by atoms with Gasteiger partial charge in [0.2, 0.25) is 0 Å². The number of tetrazole rings is 1. The van der Waals surface area contributed by atoms with Crippen LogP contribution in [0.25, 0.3) is 10.9 Å². The third-order valence-electron chi connectivity index (χ3n) is 6.46. The molecule has 0 aliphatic carbocycles. The molecule has 1 atom stereocenters. The Labute approximate surface area is 182 Å². The van der Waals surface area contributed by atoms with Crippen molar-refractivity contribution in [3.8, 4) is 5.75 Å². The number of nitrogens with zero attached hydrogens (tertiary/aromatic N) is 6. The summed E-state index contributed by atoms with van der Waals surface area (Å²) in [5.41, 5.74) is 1.01. The lowest BCUT2D eigenvalue weighted by atomic mass is 9.99. The van der Waals surface area contributed by atoms with Crippen molar-refractivity contribution in [1.82, 2.24) is 35.0 Å². The Morgan fingerprint density at radius 1 is 1.19 bits per heavy atom. The van der Waals surface area contributed by atoms with Gasteiger partial charge in [-0.3, -0.25) is 9.69 Å². The first kappa shape index (κ1) is 21.5. The maximum Gasteiger partial charge on any atom is 0.253 e. The second-order valence-electron chi connectivity index (χ2n) is 8.86. The largest absolute Gasteiger partial charge is 0.497 e. The van der Waals surface area contributed by atoms with Crippen LogP contribution in [0.1, 0.15) is 44.6 Å². The molecule has 4 rings (SSSR count). The number of nitrogens with one attached hydrogen (secondary N) is 1. The van der Waals surface area contributed by atoms with Crippen LogP contribution in [0.5, 0.6) is 5.75 Å². The molecule has 0 bridgehead atoms. The smallest absolute Gasteiger partial charge is 0.253 e. The number of pyridine rings is 1. The van der Waals surface area contributed by atoms with Gasteiger partial charge in [-0.15, -0.1) is 5.10 Å². The first-order chi connectivity index (χ1) is 14.8. The molecule has 1 aromatic carbocycles. The predicted octanol–water partition coefficient (Wildman–Crippen LogP) is 2.01. The molecule has 31 heavy (non-hydrogen) atoms. The lowest BCUT2D eigenvalue weighted by Gasteiger charge is -2.38. The van der Waals surface area contributed by atoms with Crippen LogP contribution in [0.2, 0.25) is 0 Å². The molecule has 0 saturated carbocycles. The van der Waals surface area contributed by atoms with Gasteiger partial charge in [0.25, 0.3) is 5.56 Å². The Hall–Kier alpha value is -2.78. The summed E-state index contributed by atoms with van der Waals surface area (Å²) in [5.74, 6) is 1.41. The number of hydrogen-bond acceptors (Lipinski definition) is 7. The zero-order valence-corrected chi connectivity index (χ0v) is 18.9. The number of ether oxygens (including phenoxy) is 1. The summed E-state index contributed by atoms with van der Waals surface area (Å²) in [7, 11) is 3.74. The zero-order valence-electron chi connectivity index (χ0n) is 18.9. The number of fused-ring (bicyclic) bond motifs is 1. The third kappa shape index (κ3) is 4.07. The minimum atomic E-state index is -0.329. The first-order valence-electron chi connectivity index (χ1n) is 10.8. The van der Waals surface area contributed by atoms with Crippen LogP contribution in [0.4, 0.5) is 0 Å². The zero-order chi connectivity index (χ0) is 22.2. The fraction of sp³-hybridized carbons (Fsp3) is 0.545. The van der Waals surface area contributed by atoms with Gasteiger partial charge in [-0.05, 0) is 61.3 Å². The molecule has 3 aromatic rings. The van der Waals surface area contributed by atoms with Gasteiger partial charge >= 0.3 is 0 Å². The van der Waals surface area contributed by atoms with E-state index in [9.17, 15) is 4.79 Å². The topological polar surface area (TPSA) is 92.2 Å². The van der Waals surface area contributed by atoms with Crippen molar-refractivity contribution >= 4 is 10.9 Å². The van der Waals surface area contributed by atoms with Crippen molar-refractivity contribution in [3.63, 3.8) is 0 Å². The van der Waals surface area contributed by atoms with Crippen LogP contribution in [-0.2, 0) is 5.54 Å². The van der Waals surface area contributed by atoms with Crippen LogP contribution in [0.3, 0.4) is 0 Å². The van der Waals surface area contributed by atoms with Gasteiger partial charge in [0.05, 0.1) is 18.2 Å². The predicted molar refractivity (Wildman–Crippen MR) is 119 cm³/mol. The molecular formula is C22H31N7O2. The minimum Gasteiger partial charge on any atom is -0.497 e. The summed E-state index contributed by atoms with van der Waals surface area (Å²) in [6, 6.07) is 7.35. The highest BCUT2D eigenvalue weighted by molar-refractivity contribution is 5.80. The van der Waals surface area contributed by atoms with E-state index in [1.165, 1.54) is 0 Å². The number of aromatic nitrogens is 5. The lowest BCUT2D eigenvalue weighted by molar-refractivity contribution is 0.117. The monoisotopic (exact) mass is 425 g/mol. The number of likely N-dealkylation sites (N-methyl/N-ethyl adjacent to an activating group) is 1. The molecule has 9 heteroatoms. The summed E-state index contributed by atoms with van der Waals surface area (Å²) >= 11 is 0. The van der Waals surface area contributed by atoms with Crippen LogP contribution in [0, 0.1) is 0 Å². The molecule has 0 spiro atoms. The Morgan fingerprint density at radius 3 is 2.61 bits per heavy atom. The van der Waals surface area contributed by atoms with E-state index in [0.717, 1.165) is 43.5 Å². The molecule has 2 aromatic heterocycles. The summed E-state index contributed by atoms with van der Waals surface area (Å²) in [4.78, 5) is 20.9. The number of aromatic amines is 1. The quantitative estimate of drug-likeness (QED) is 0.646. The van der Waals surface area contributed by atoms with Crippen LogP contribution < -0.4 is 10.3 Å². The molecule has 166 valence electrons. The van der Waals surface area contributed by atoms with E-state index in [2.05, 4.69) is 58.1 Å². The van der Waals surface area contributed by atoms with Gasteiger partial charge in [-0.2, -0.15) is 0 Å². The van der Waals surface area contributed by atoms with E-state index >= 15 is 0 Å². The van der Waals surface area contributed by atoms with Crippen molar-refractivity contribution in [3.05, 3.63) is 46.0 Å². The molecule has 1 aliphatic rings. The second kappa shape index (κ2) is 8.39.